The van der Waals surface area contributed by atoms with E-state index in [9.17, 15) is 14.4 Å². The van der Waals surface area contributed by atoms with Crippen LogP contribution < -0.4 is 22.2 Å². The van der Waals surface area contributed by atoms with Crippen molar-refractivity contribution < 1.29 is 4.79 Å². The maximum Gasteiger partial charge on any atom is 0.294 e. The Morgan fingerprint density at radius 2 is 1.67 bits per heavy atom. The molecule has 3 aromatic carbocycles. The van der Waals surface area contributed by atoms with Crippen molar-refractivity contribution in [2.75, 3.05) is 11.1 Å². The zero-order valence-corrected chi connectivity index (χ0v) is 24.7. The zero-order chi connectivity index (χ0) is 30.5. The SMILES string of the molecule is Cc1cc(N)c(=O)n(-c2cccc(Cc3cc(Cc4ccc(C#N)cc4)c(=O)n(CC(=O)Nc4ccc(Br)cc4)n3)c2)n1. The topological polar surface area (TPSA) is 149 Å². The van der Waals surface area contributed by atoms with Gasteiger partial charge in [-0.2, -0.15) is 20.1 Å². The Morgan fingerprint density at radius 1 is 0.930 bits per heavy atom. The van der Waals surface area contributed by atoms with E-state index in [0.29, 0.717) is 40.3 Å². The van der Waals surface area contributed by atoms with Gasteiger partial charge in [0.1, 0.15) is 12.2 Å². The van der Waals surface area contributed by atoms with E-state index < -0.39 is 11.5 Å². The van der Waals surface area contributed by atoms with E-state index in [1.54, 1.807) is 73.7 Å². The van der Waals surface area contributed by atoms with Crippen LogP contribution in [-0.2, 0) is 24.2 Å². The number of carbonyl (C=O) groups excluding carboxylic acids is 1. The molecule has 0 radical (unpaired) electrons. The number of hydrogen-bond acceptors (Lipinski definition) is 7. The molecule has 0 unspecified atom stereocenters. The number of nitrogens with one attached hydrogen (secondary N) is 1. The summed E-state index contributed by atoms with van der Waals surface area (Å²) in [5.41, 5.74) is 10.1. The molecule has 0 aliphatic heterocycles. The van der Waals surface area contributed by atoms with Crippen molar-refractivity contribution in [3.8, 4) is 11.8 Å². The van der Waals surface area contributed by atoms with Crippen molar-refractivity contribution in [3.63, 3.8) is 0 Å². The maximum absolute atomic E-state index is 13.5. The first kappa shape index (κ1) is 29.2. The number of nitrogens with two attached hydrogens (primary N) is 1. The van der Waals surface area contributed by atoms with Crippen molar-refractivity contribution in [2.24, 2.45) is 0 Å². The Morgan fingerprint density at radius 3 is 2.40 bits per heavy atom. The van der Waals surface area contributed by atoms with Gasteiger partial charge in [-0.1, -0.05) is 40.2 Å². The van der Waals surface area contributed by atoms with Gasteiger partial charge in [-0.05, 0) is 78.7 Å². The first-order valence-corrected chi connectivity index (χ1v) is 14.1. The minimum absolute atomic E-state index is 0.0977. The lowest BCUT2D eigenvalue weighted by Gasteiger charge is -2.13. The molecule has 43 heavy (non-hydrogen) atoms. The third-order valence-corrected chi connectivity index (χ3v) is 7.13. The zero-order valence-electron chi connectivity index (χ0n) is 23.1. The standard InChI is InChI=1S/C32H26BrN7O3/c1-20-13-29(35)32(43)40(37-20)28-4-2-3-23(16-28)15-27-17-24(14-21-5-7-22(18-34)8-6-21)31(42)39(38-27)19-30(41)36-26-11-9-25(33)10-12-26/h2-13,16-17H,14-15,19,35H2,1H3,(H,36,41). The fourth-order valence-corrected chi connectivity index (χ4v) is 4.85. The summed E-state index contributed by atoms with van der Waals surface area (Å²) in [7, 11) is 0. The molecule has 0 fully saturated rings. The second-order valence-electron chi connectivity index (χ2n) is 9.97. The number of aryl methyl sites for hydroxylation is 1. The van der Waals surface area contributed by atoms with Crippen LogP contribution in [0, 0.1) is 18.3 Å². The molecule has 5 rings (SSSR count). The summed E-state index contributed by atoms with van der Waals surface area (Å²) >= 11 is 3.37. The fourth-order valence-electron chi connectivity index (χ4n) is 4.59. The predicted molar refractivity (Wildman–Crippen MR) is 167 cm³/mol. The van der Waals surface area contributed by atoms with Crippen LogP contribution in [-0.4, -0.2) is 25.5 Å². The fraction of sp³-hybridized carbons (Fsp3) is 0.125. The molecule has 3 N–H and O–H groups in total. The van der Waals surface area contributed by atoms with Crippen LogP contribution in [0.2, 0.25) is 0 Å². The summed E-state index contributed by atoms with van der Waals surface area (Å²) in [6.07, 6.45) is 0.606. The Hall–Kier alpha value is -5.34. The molecule has 5 aromatic rings. The second kappa shape index (κ2) is 12.7. The van der Waals surface area contributed by atoms with Gasteiger partial charge in [0, 0.05) is 28.6 Å². The molecule has 2 heterocycles. The minimum atomic E-state index is -0.420. The first-order valence-electron chi connectivity index (χ1n) is 13.3. The molecule has 0 bridgehead atoms. The number of nitrogen functional groups attached to an aromatic ring is 1. The minimum Gasteiger partial charge on any atom is -0.394 e. The van der Waals surface area contributed by atoms with Crippen LogP contribution in [0.1, 0.15) is 33.6 Å². The van der Waals surface area contributed by atoms with E-state index in [1.165, 1.54) is 15.4 Å². The maximum atomic E-state index is 13.5. The molecule has 0 saturated carbocycles. The molecular weight excluding hydrogens is 610 g/mol. The van der Waals surface area contributed by atoms with E-state index >= 15 is 0 Å². The average molecular weight is 637 g/mol. The quantitative estimate of drug-likeness (QED) is 0.260. The van der Waals surface area contributed by atoms with E-state index in [-0.39, 0.29) is 24.2 Å². The van der Waals surface area contributed by atoms with Crippen molar-refractivity contribution in [2.45, 2.75) is 26.3 Å². The monoisotopic (exact) mass is 635 g/mol. The van der Waals surface area contributed by atoms with Crippen LogP contribution in [0.15, 0.2) is 99.0 Å². The van der Waals surface area contributed by atoms with E-state index in [2.05, 4.69) is 37.5 Å². The van der Waals surface area contributed by atoms with Crippen LogP contribution in [0.25, 0.3) is 5.69 Å². The molecule has 2 aromatic heterocycles. The Kier molecular flexibility index (Phi) is 8.59. The lowest BCUT2D eigenvalue weighted by molar-refractivity contribution is -0.117. The molecular formula is C32H26BrN7O3. The summed E-state index contributed by atoms with van der Waals surface area (Å²) in [5, 5.41) is 20.8. The van der Waals surface area contributed by atoms with E-state index in [1.807, 2.05) is 12.1 Å². The molecule has 11 heteroatoms. The second-order valence-corrected chi connectivity index (χ2v) is 10.9. The average Bonchev–Trinajstić information content (AvgIpc) is 2.99. The van der Waals surface area contributed by atoms with Gasteiger partial charge in [0.2, 0.25) is 5.91 Å². The van der Waals surface area contributed by atoms with Crippen LogP contribution >= 0.6 is 15.9 Å². The van der Waals surface area contributed by atoms with Crippen molar-refractivity contribution in [3.05, 3.63) is 144 Å². The Bertz CT molecular complexity index is 1980. The summed E-state index contributed by atoms with van der Waals surface area (Å²) in [4.78, 5) is 39.0. The normalized spacial score (nSPS) is 10.7. The van der Waals surface area contributed by atoms with Gasteiger partial charge in [0.25, 0.3) is 11.1 Å². The van der Waals surface area contributed by atoms with Crippen LogP contribution in [0.3, 0.4) is 0 Å². The molecule has 214 valence electrons. The van der Waals surface area contributed by atoms with Gasteiger partial charge in [-0.15, -0.1) is 0 Å². The highest BCUT2D eigenvalue weighted by molar-refractivity contribution is 9.10. The number of nitrogens with zero attached hydrogens (tertiary/aromatic N) is 5. The van der Waals surface area contributed by atoms with Gasteiger partial charge in [0.15, 0.2) is 0 Å². The number of anilines is 2. The summed E-state index contributed by atoms with van der Waals surface area (Å²) < 4.78 is 3.30. The number of benzene rings is 3. The predicted octanol–water partition coefficient (Wildman–Crippen LogP) is 4.13. The van der Waals surface area contributed by atoms with Gasteiger partial charge in [-0.25, -0.2) is 4.68 Å². The lowest BCUT2D eigenvalue weighted by atomic mass is 10.0. The molecule has 0 spiro atoms. The van der Waals surface area contributed by atoms with E-state index in [4.69, 9.17) is 11.0 Å². The van der Waals surface area contributed by atoms with Gasteiger partial charge in [0.05, 0.1) is 28.7 Å². The van der Waals surface area contributed by atoms with Gasteiger partial charge < -0.3 is 11.1 Å². The highest BCUT2D eigenvalue weighted by Gasteiger charge is 2.14. The summed E-state index contributed by atoms with van der Waals surface area (Å²) in [6.45, 7) is 1.47. The highest BCUT2D eigenvalue weighted by Crippen LogP contribution is 2.16. The van der Waals surface area contributed by atoms with Gasteiger partial charge >= 0.3 is 0 Å². The van der Waals surface area contributed by atoms with E-state index in [0.717, 1.165) is 15.6 Å². The third-order valence-electron chi connectivity index (χ3n) is 6.60. The van der Waals surface area contributed by atoms with Crippen LogP contribution in [0.4, 0.5) is 11.4 Å². The molecule has 0 saturated heterocycles. The van der Waals surface area contributed by atoms with Crippen molar-refractivity contribution in [1.29, 1.82) is 5.26 Å². The highest BCUT2D eigenvalue weighted by atomic mass is 79.9. The number of amides is 1. The molecule has 0 aliphatic rings. The Balaban J connectivity index is 1.48. The molecule has 0 aliphatic carbocycles. The number of nitriles is 1. The van der Waals surface area contributed by atoms with Crippen LogP contribution in [0.5, 0.6) is 0 Å². The first-order chi connectivity index (χ1) is 20.7. The molecule has 0 atom stereocenters. The summed E-state index contributed by atoms with van der Waals surface area (Å²) in [6, 6.07) is 26.7. The largest absolute Gasteiger partial charge is 0.394 e. The number of carbonyl (C=O) groups is 1. The van der Waals surface area contributed by atoms with Crippen molar-refractivity contribution >= 4 is 33.2 Å². The number of aromatic nitrogens is 4. The third kappa shape index (κ3) is 7.12. The number of rotatable bonds is 8. The number of halogens is 1. The van der Waals surface area contributed by atoms with Crippen molar-refractivity contribution in [1.82, 2.24) is 19.6 Å². The number of hydrogen-bond donors (Lipinski definition) is 2. The smallest absolute Gasteiger partial charge is 0.294 e. The Labute approximate surface area is 255 Å². The molecule has 10 nitrogen and oxygen atoms in total. The lowest BCUT2D eigenvalue weighted by Crippen LogP contribution is -2.32. The molecule has 1 amide bonds. The summed E-state index contributed by atoms with van der Waals surface area (Å²) in [5.74, 6) is -0.400. The van der Waals surface area contributed by atoms with Gasteiger partial charge in [-0.3, -0.25) is 14.4 Å².